The summed E-state index contributed by atoms with van der Waals surface area (Å²) in [6, 6.07) is 0. The maximum absolute atomic E-state index is 14.1. The molecule has 0 aromatic carbocycles. The first-order valence-electron chi connectivity index (χ1n) is 17.0. The fraction of sp³-hybridized carbons (Fsp3) is 0.889. The fourth-order valence-corrected chi connectivity index (χ4v) is 12.5. The highest BCUT2D eigenvalue weighted by atomic mass is 79.9. The summed E-state index contributed by atoms with van der Waals surface area (Å²) in [7, 11) is 1.44. The van der Waals surface area contributed by atoms with Gasteiger partial charge in [0, 0.05) is 10.7 Å². The van der Waals surface area contributed by atoms with E-state index in [0.29, 0.717) is 13.0 Å². The number of fused-ring (bicyclic) bond motifs is 7. The Morgan fingerprint density at radius 2 is 1.72 bits per heavy atom. The van der Waals surface area contributed by atoms with Gasteiger partial charge in [0.1, 0.15) is 0 Å². The molecule has 43 heavy (non-hydrogen) atoms. The largest absolute Gasteiger partial charge is 0.469 e. The SMILES string of the molecule is C=C(C)[C@@H]1CC[C@]2(C(=O)OCCCCCBr)CC[C@]3(C)[C@H](C[C@@H](O)[C@@H]4[C@@]5(C)C(CC(=O)OC)OC(C)(C)C5CC[C@]43C)[C@@H]12. The van der Waals surface area contributed by atoms with Crippen LogP contribution in [0.15, 0.2) is 12.2 Å². The van der Waals surface area contributed by atoms with Crippen molar-refractivity contribution < 1.29 is 28.9 Å². The van der Waals surface area contributed by atoms with Crippen LogP contribution >= 0.6 is 15.9 Å². The monoisotopic (exact) mass is 664 g/mol. The van der Waals surface area contributed by atoms with Crippen LogP contribution in [-0.2, 0) is 23.8 Å². The number of hydrogen-bond acceptors (Lipinski definition) is 6. The third-order valence-electron chi connectivity index (χ3n) is 14.2. The molecule has 4 aliphatic carbocycles. The van der Waals surface area contributed by atoms with Crippen LogP contribution in [0.2, 0.25) is 0 Å². The van der Waals surface area contributed by atoms with E-state index in [1.807, 2.05) is 0 Å². The third kappa shape index (κ3) is 4.91. The number of esters is 2. The minimum absolute atomic E-state index is 0.0105. The molecule has 0 aromatic rings. The predicted molar refractivity (Wildman–Crippen MR) is 172 cm³/mol. The van der Waals surface area contributed by atoms with Crippen molar-refractivity contribution in [3.63, 3.8) is 0 Å². The summed E-state index contributed by atoms with van der Waals surface area (Å²) in [5.41, 5.74) is -0.350. The highest BCUT2D eigenvalue weighted by Crippen LogP contribution is 2.77. The Labute approximate surface area is 268 Å². The number of carbonyl (C=O) groups excluding carboxylic acids is 2. The number of methoxy groups -OCH3 is 1. The third-order valence-corrected chi connectivity index (χ3v) is 14.7. The van der Waals surface area contributed by atoms with Gasteiger partial charge in [-0.1, -0.05) is 48.9 Å². The molecule has 6 nitrogen and oxygen atoms in total. The van der Waals surface area contributed by atoms with Crippen LogP contribution in [0.3, 0.4) is 0 Å². The number of unbranched alkanes of at least 4 members (excludes halogenated alkanes) is 2. The van der Waals surface area contributed by atoms with E-state index in [1.165, 1.54) is 7.11 Å². The van der Waals surface area contributed by atoms with Gasteiger partial charge in [0.05, 0.1) is 43.4 Å². The van der Waals surface area contributed by atoms with E-state index in [2.05, 4.69) is 64.1 Å². The molecule has 244 valence electrons. The zero-order chi connectivity index (χ0) is 31.6. The van der Waals surface area contributed by atoms with Crippen molar-refractivity contribution in [2.45, 2.75) is 130 Å². The number of aliphatic hydroxyl groups is 1. The van der Waals surface area contributed by atoms with Gasteiger partial charge in [-0.15, -0.1) is 0 Å². The molecular weight excluding hydrogens is 608 g/mol. The fourth-order valence-electron chi connectivity index (χ4n) is 12.1. The number of allylic oxidation sites excluding steroid dienone is 1. The summed E-state index contributed by atoms with van der Waals surface area (Å²) >= 11 is 3.50. The molecule has 0 bridgehead atoms. The van der Waals surface area contributed by atoms with Crippen molar-refractivity contribution >= 4 is 27.9 Å². The second kappa shape index (κ2) is 11.7. The highest BCUT2D eigenvalue weighted by Gasteiger charge is 2.76. The van der Waals surface area contributed by atoms with Crippen molar-refractivity contribution in [1.82, 2.24) is 0 Å². The summed E-state index contributed by atoms with van der Waals surface area (Å²) in [6.07, 6.45) is 8.65. The van der Waals surface area contributed by atoms with E-state index in [9.17, 15) is 14.7 Å². The number of carbonyl (C=O) groups is 2. The summed E-state index contributed by atoms with van der Waals surface area (Å²) < 4.78 is 17.9. The first-order chi connectivity index (χ1) is 20.1. The molecule has 5 fully saturated rings. The van der Waals surface area contributed by atoms with Gasteiger partial charge >= 0.3 is 11.9 Å². The minimum Gasteiger partial charge on any atom is -0.469 e. The molecule has 1 saturated heterocycles. The van der Waals surface area contributed by atoms with Gasteiger partial charge in [0.15, 0.2) is 0 Å². The van der Waals surface area contributed by atoms with Crippen molar-refractivity contribution in [3.8, 4) is 0 Å². The summed E-state index contributed by atoms with van der Waals surface area (Å²) in [5.74, 6) is 0.521. The van der Waals surface area contributed by atoms with Gasteiger partial charge in [-0.2, -0.15) is 0 Å². The van der Waals surface area contributed by atoms with E-state index in [0.717, 1.165) is 68.7 Å². The molecule has 7 heteroatoms. The Kier molecular flexibility index (Phi) is 9.11. The molecule has 4 saturated carbocycles. The molecular formula is C36H57BrO6. The lowest BCUT2D eigenvalue weighted by Crippen LogP contribution is -2.69. The number of halogens is 1. The lowest BCUT2D eigenvalue weighted by Gasteiger charge is -2.71. The van der Waals surface area contributed by atoms with E-state index in [4.69, 9.17) is 14.2 Å². The van der Waals surface area contributed by atoms with Gasteiger partial charge < -0.3 is 19.3 Å². The van der Waals surface area contributed by atoms with E-state index in [1.54, 1.807) is 0 Å². The zero-order valence-electron chi connectivity index (χ0n) is 27.8. The Morgan fingerprint density at radius 1 is 1.00 bits per heavy atom. The molecule has 1 aliphatic heterocycles. The summed E-state index contributed by atoms with van der Waals surface area (Å²) in [5, 5.41) is 13.4. The molecule has 5 aliphatic rings. The Morgan fingerprint density at radius 3 is 2.37 bits per heavy atom. The molecule has 2 unspecified atom stereocenters. The van der Waals surface area contributed by atoms with Crippen molar-refractivity contribution in [3.05, 3.63) is 12.2 Å². The molecule has 5 rings (SSSR count). The van der Waals surface area contributed by atoms with Crippen LogP contribution in [-0.4, -0.2) is 53.9 Å². The lowest BCUT2D eigenvalue weighted by molar-refractivity contribution is -0.255. The van der Waals surface area contributed by atoms with E-state index in [-0.39, 0.29) is 75.9 Å². The normalized spacial score (nSPS) is 46.2. The van der Waals surface area contributed by atoms with Crippen molar-refractivity contribution in [1.29, 1.82) is 0 Å². The average Bonchev–Trinajstić information content (AvgIpc) is 3.43. The molecule has 0 radical (unpaired) electrons. The Bertz CT molecular complexity index is 1110. The second-order valence-corrected chi connectivity index (χ2v) is 17.0. The maximum atomic E-state index is 14.1. The number of rotatable bonds is 9. The molecule has 11 atom stereocenters. The van der Waals surface area contributed by atoms with Gasteiger partial charge in [0.2, 0.25) is 0 Å². The first-order valence-corrected chi connectivity index (χ1v) is 18.1. The van der Waals surface area contributed by atoms with Crippen LogP contribution in [0.5, 0.6) is 0 Å². The zero-order valence-corrected chi connectivity index (χ0v) is 29.4. The van der Waals surface area contributed by atoms with Crippen molar-refractivity contribution in [2.75, 3.05) is 19.0 Å². The number of alkyl halides is 1. The lowest BCUT2D eigenvalue weighted by atomic mass is 9.33. The smallest absolute Gasteiger partial charge is 0.312 e. The van der Waals surface area contributed by atoms with Gasteiger partial charge in [-0.05, 0) is 125 Å². The molecule has 1 heterocycles. The summed E-state index contributed by atoms with van der Waals surface area (Å²) in [4.78, 5) is 26.7. The molecule has 1 N–H and O–H groups in total. The van der Waals surface area contributed by atoms with Gasteiger partial charge in [0.25, 0.3) is 0 Å². The second-order valence-electron chi connectivity index (χ2n) is 16.2. The standard InChI is InChI=1S/C36H57BrO6/c1-22(2)23-12-15-36(31(40)42-19-11-9-10-18-37)17-16-33(5)24(29(23)36)20-25(38)30-34(33,6)14-13-26-32(3,4)43-27(35(26,30)7)21-28(39)41-8/h23-27,29-30,38H,1,9-21H2,2-8H3/t23-,24+,25+,26?,27?,29+,30-,33+,34+,35+,36-/m0/s1. The number of hydrogen-bond donors (Lipinski definition) is 1. The van der Waals surface area contributed by atoms with Crippen LogP contribution < -0.4 is 0 Å². The van der Waals surface area contributed by atoms with Gasteiger partial charge in [-0.3, -0.25) is 9.59 Å². The van der Waals surface area contributed by atoms with Gasteiger partial charge in [-0.25, -0.2) is 0 Å². The number of ether oxygens (including phenoxy) is 3. The molecule has 0 amide bonds. The molecule has 0 spiro atoms. The predicted octanol–water partition coefficient (Wildman–Crippen LogP) is 7.64. The Balaban J connectivity index is 1.52. The molecule has 0 aromatic heterocycles. The van der Waals surface area contributed by atoms with Crippen LogP contribution in [0.25, 0.3) is 0 Å². The van der Waals surface area contributed by atoms with Crippen LogP contribution in [0, 0.1) is 51.2 Å². The maximum Gasteiger partial charge on any atom is 0.312 e. The topological polar surface area (TPSA) is 82.1 Å². The Hall–Kier alpha value is -0.920. The number of aliphatic hydroxyl groups excluding tert-OH is 1. The average molecular weight is 666 g/mol. The first kappa shape index (κ1) is 33.4. The quantitative estimate of drug-likeness (QED) is 0.118. The van der Waals surface area contributed by atoms with E-state index < -0.39 is 11.5 Å². The van der Waals surface area contributed by atoms with Crippen LogP contribution in [0.4, 0.5) is 0 Å². The van der Waals surface area contributed by atoms with Crippen LogP contribution in [0.1, 0.15) is 112 Å². The van der Waals surface area contributed by atoms with Crippen molar-refractivity contribution in [2.24, 2.45) is 51.2 Å². The van der Waals surface area contributed by atoms with E-state index >= 15 is 0 Å². The highest BCUT2D eigenvalue weighted by molar-refractivity contribution is 9.09. The summed E-state index contributed by atoms with van der Waals surface area (Å²) in [6.45, 7) is 18.6. The minimum atomic E-state index is -0.545.